The molecule has 32 heavy (non-hydrogen) atoms. The standard InChI is InChI=1S/C25H34O7/c1-2-3-4-6-17-8-10-18(11-9-17)7-5-16-30-20-14-12-19(13-15-20)25-31-21(23(26)27)22(32-25)24(28)29/h5,7,12-15,17-18,21-22,25H,2-4,6,8-11,16H2,1H3,(H,26,27)(H,28,29)/t17-,18-,21-,22-/m1/s1. The molecule has 2 N–H and O–H groups in total. The molecule has 1 aromatic rings. The zero-order valence-corrected chi connectivity index (χ0v) is 18.7. The van der Waals surface area contributed by atoms with Crippen LogP contribution in [0.1, 0.15) is 70.1 Å². The third-order valence-corrected chi connectivity index (χ3v) is 6.32. The van der Waals surface area contributed by atoms with Crippen LogP contribution in [0.5, 0.6) is 5.75 Å². The first-order valence-electron chi connectivity index (χ1n) is 11.6. The maximum atomic E-state index is 11.2. The summed E-state index contributed by atoms with van der Waals surface area (Å²) >= 11 is 0. The molecule has 7 heteroatoms. The monoisotopic (exact) mass is 446 g/mol. The Morgan fingerprint density at radius 2 is 1.62 bits per heavy atom. The van der Waals surface area contributed by atoms with Gasteiger partial charge in [0.1, 0.15) is 12.4 Å². The van der Waals surface area contributed by atoms with Gasteiger partial charge in [-0.05, 0) is 49.7 Å². The molecule has 1 aliphatic carbocycles. The highest BCUT2D eigenvalue weighted by Crippen LogP contribution is 2.33. The predicted molar refractivity (Wildman–Crippen MR) is 118 cm³/mol. The fraction of sp³-hybridized carbons (Fsp3) is 0.600. The van der Waals surface area contributed by atoms with Crippen molar-refractivity contribution in [1.82, 2.24) is 0 Å². The minimum absolute atomic E-state index is 0.481. The number of carboxylic acids is 2. The first-order chi connectivity index (χ1) is 15.5. The van der Waals surface area contributed by atoms with E-state index in [1.807, 2.05) is 0 Å². The first kappa shape index (κ1) is 24.3. The van der Waals surface area contributed by atoms with Gasteiger partial charge in [0.25, 0.3) is 0 Å². The maximum Gasteiger partial charge on any atom is 0.336 e. The molecule has 3 rings (SSSR count). The van der Waals surface area contributed by atoms with Gasteiger partial charge in [-0.25, -0.2) is 9.59 Å². The van der Waals surface area contributed by atoms with E-state index < -0.39 is 30.4 Å². The summed E-state index contributed by atoms with van der Waals surface area (Å²) in [7, 11) is 0. The average Bonchev–Trinajstić information content (AvgIpc) is 3.25. The van der Waals surface area contributed by atoms with E-state index in [2.05, 4.69) is 19.1 Å². The number of carboxylic acid groups (broad SMARTS) is 2. The lowest BCUT2D eigenvalue weighted by Gasteiger charge is -2.26. The van der Waals surface area contributed by atoms with Crippen LogP contribution < -0.4 is 4.74 Å². The van der Waals surface area contributed by atoms with Gasteiger partial charge in [0, 0.05) is 5.56 Å². The molecule has 0 aromatic heterocycles. The molecule has 2 aliphatic rings. The quantitative estimate of drug-likeness (QED) is 0.366. The molecule has 0 spiro atoms. The number of allylic oxidation sites excluding steroid dienone is 1. The van der Waals surface area contributed by atoms with E-state index in [1.54, 1.807) is 24.3 Å². The number of benzene rings is 1. The lowest BCUT2D eigenvalue weighted by atomic mass is 9.79. The van der Waals surface area contributed by atoms with E-state index >= 15 is 0 Å². The van der Waals surface area contributed by atoms with Crippen molar-refractivity contribution in [2.75, 3.05) is 6.61 Å². The smallest absolute Gasteiger partial charge is 0.336 e. The minimum atomic E-state index is -1.54. The third kappa shape index (κ3) is 6.81. The topological polar surface area (TPSA) is 102 Å². The summed E-state index contributed by atoms with van der Waals surface area (Å²) in [5.74, 6) is -0.511. The normalized spacial score (nSPS) is 26.4. The van der Waals surface area contributed by atoms with Crippen LogP contribution in [-0.4, -0.2) is 41.0 Å². The van der Waals surface area contributed by atoms with Crippen molar-refractivity contribution >= 4 is 11.9 Å². The Kier molecular flexibility index (Phi) is 9.11. The molecule has 0 bridgehead atoms. The van der Waals surface area contributed by atoms with Crippen molar-refractivity contribution in [3.05, 3.63) is 42.0 Å². The maximum absolute atomic E-state index is 11.2. The average molecular weight is 447 g/mol. The van der Waals surface area contributed by atoms with Crippen molar-refractivity contribution in [1.29, 1.82) is 0 Å². The highest BCUT2D eigenvalue weighted by Gasteiger charge is 2.46. The molecule has 0 radical (unpaired) electrons. The number of hydrogen-bond donors (Lipinski definition) is 2. The number of unbranched alkanes of at least 4 members (excludes halogenated alkanes) is 2. The van der Waals surface area contributed by atoms with Crippen LogP contribution in [0.3, 0.4) is 0 Å². The summed E-state index contributed by atoms with van der Waals surface area (Å²) in [6.07, 6.45) is 10.8. The Morgan fingerprint density at radius 1 is 1.00 bits per heavy atom. The Hall–Kier alpha value is -2.38. The van der Waals surface area contributed by atoms with Crippen LogP contribution in [0.15, 0.2) is 36.4 Å². The highest BCUT2D eigenvalue weighted by molar-refractivity contribution is 5.84. The van der Waals surface area contributed by atoms with Crippen LogP contribution in [0, 0.1) is 11.8 Å². The highest BCUT2D eigenvalue weighted by atomic mass is 16.7. The van der Waals surface area contributed by atoms with Crippen LogP contribution in [0.25, 0.3) is 0 Å². The summed E-state index contributed by atoms with van der Waals surface area (Å²) in [5.41, 5.74) is 0.540. The second-order valence-corrected chi connectivity index (χ2v) is 8.71. The molecule has 2 fully saturated rings. The van der Waals surface area contributed by atoms with Gasteiger partial charge in [0.05, 0.1) is 0 Å². The third-order valence-electron chi connectivity index (χ3n) is 6.32. The van der Waals surface area contributed by atoms with Crippen LogP contribution >= 0.6 is 0 Å². The van der Waals surface area contributed by atoms with E-state index in [4.69, 9.17) is 24.4 Å². The lowest BCUT2D eigenvalue weighted by Crippen LogP contribution is -2.36. The zero-order chi connectivity index (χ0) is 22.9. The Bertz CT molecular complexity index is 743. The van der Waals surface area contributed by atoms with E-state index in [1.165, 1.54) is 51.4 Å². The Labute approximate surface area is 189 Å². The fourth-order valence-corrected chi connectivity index (χ4v) is 4.44. The van der Waals surface area contributed by atoms with E-state index in [9.17, 15) is 9.59 Å². The number of rotatable bonds is 11. The molecule has 1 saturated heterocycles. The molecule has 7 nitrogen and oxygen atoms in total. The van der Waals surface area contributed by atoms with Gasteiger partial charge in [0.2, 0.25) is 0 Å². The van der Waals surface area contributed by atoms with E-state index in [0.29, 0.717) is 23.8 Å². The SMILES string of the molecule is CCCCC[C@H]1CC[C@H](C=CCOc2ccc(C3O[C@@H](C(=O)O)[C@H](C(=O)O)O3)cc2)CC1. The number of ether oxygens (including phenoxy) is 3. The molecular weight excluding hydrogens is 412 g/mol. The Morgan fingerprint density at radius 3 is 2.19 bits per heavy atom. The largest absolute Gasteiger partial charge is 0.490 e. The summed E-state index contributed by atoms with van der Waals surface area (Å²) in [5, 5.41) is 18.2. The summed E-state index contributed by atoms with van der Waals surface area (Å²) in [6, 6.07) is 6.85. The molecule has 1 saturated carbocycles. The molecule has 2 atom stereocenters. The van der Waals surface area contributed by atoms with Gasteiger partial charge < -0.3 is 24.4 Å². The van der Waals surface area contributed by atoms with Gasteiger partial charge in [0.15, 0.2) is 18.5 Å². The first-order valence-corrected chi connectivity index (χ1v) is 11.6. The van der Waals surface area contributed by atoms with Gasteiger partial charge in [-0.2, -0.15) is 0 Å². The lowest BCUT2D eigenvalue weighted by molar-refractivity contribution is -0.156. The Balaban J connectivity index is 1.40. The molecule has 0 amide bonds. The molecule has 1 aromatic carbocycles. The van der Waals surface area contributed by atoms with Crippen molar-refractivity contribution in [2.45, 2.75) is 76.8 Å². The zero-order valence-electron chi connectivity index (χ0n) is 18.7. The minimum Gasteiger partial charge on any atom is -0.490 e. The van der Waals surface area contributed by atoms with Gasteiger partial charge >= 0.3 is 11.9 Å². The molecule has 176 valence electrons. The van der Waals surface area contributed by atoms with Crippen molar-refractivity contribution < 1.29 is 34.0 Å². The van der Waals surface area contributed by atoms with Crippen LogP contribution in [0.4, 0.5) is 0 Å². The summed E-state index contributed by atoms with van der Waals surface area (Å²) < 4.78 is 16.3. The second kappa shape index (κ2) is 12.0. The van der Waals surface area contributed by atoms with E-state index in [0.717, 1.165) is 5.92 Å². The molecule has 1 heterocycles. The molecular formula is C25H34O7. The van der Waals surface area contributed by atoms with Crippen molar-refractivity contribution in [2.24, 2.45) is 11.8 Å². The summed E-state index contributed by atoms with van der Waals surface area (Å²) in [4.78, 5) is 22.4. The van der Waals surface area contributed by atoms with Gasteiger partial charge in [-0.1, -0.05) is 56.9 Å². The van der Waals surface area contributed by atoms with E-state index in [-0.39, 0.29) is 0 Å². The van der Waals surface area contributed by atoms with Crippen molar-refractivity contribution in [3.63, 3.8) is 0 Å². The van der Waals surface area contributed by atoms with Crippen LogP contribution in [0.2, 0.25) is 0 Å². The van der Waals surface area contributed by atoms with Crippen molar-refractivity contribution in [3.8, 4) is 5.75 Å². The van der Waals surface area contributed by atoms with Crippen LogP contribution in [-0.2, 0) is 19.1 Å². The predicted octanol–water partition coefficient (Wildman–Crippen LogP) is 4.96. The number of aliphatic carboxylic acids is 2. The number of hydrogen-bond acceptors (Lipinski definition) is 5. The summed E-state index contributed by atoms with van der Waals surface area (Å²) in [6.45, 7) is 2.73. The molecule has 0 unspecified atom stereocenters. The van der Waals surface area contributed by atoms with Gasteiger partial charge in [-0.15, -0.1) is 0 Å². The number of carbonyl (C=O) groups is 2. The fourth-order valence-electron chi connectivity index (χ4n) is 4.44. The van der Waals surface area contributed by atoms with Gasteiger partial charge in [-0.3, -0.25) is 0 Å². The second-order valence-electron chi connectivity index (χ2n) is 8.71. The molecule has 1 aliphatic heterocycles.